The lowest BCUT2D eigenvalue weighted by Gasteiger charge is -2.41. The van der Waals surface area contributed by atoms with Crippen LogP contribution in [0.2, 0.25) is 0 Å². The molecule has 1 aliphatic heterocycles. The fourth-order valence-electron chi connectivity index (χ4n) is 2.87. The fraction of sp³-hybridized carbons (Fsp3) is 0.800. The Labute approximate surface area is 136 Å². The van der Waals surface area contributed by atoms with Crippen LogP contribution in [-0.2, 0) is 4.74 Å². The zero-order valence-electron chi connectivity index (χ0n) is 14.0. The van der Waals surface area contributed by atoms with Crippen molar-refractivity contribution >= 4 is 22.5 Å². The highest BCUT2D eigenvalue weighted by molar-refractivity contribution is 7.15. The number of nitrogens with zero attached hydrogens (tertiary/aromatic N) is 3. The fourth-order valence-corrected chi connectivity index (χ4v) is 3.87. The maximum Gasteiger partial charge on any atom is 0.323 e. The van der Waals surface area contributed by atoms with Crippen LogP contribution < -0.4 is 5.32 Å². The van der Waals surface area contributed by atoms with E-state index in [1.54, 1.807) is 4.90 Å². The van der Waals surface area contributed by atoms with E-state index in [1.807, 2.05) is 20.8 Å². The molecule has 124 valence electrons. The van der Waals surface area contributed by atoms with Crippen LogP contribution in [0.25, 0.3) is 0 Å². The van der Waals surface area contributed by atoms with E-state index in [0.717, 1.165) is 17.8 Å². The van der Waals surface area contributed by atoms with Gasteiger partial charge in [-0.2, -0.15) is 0 Å². The average molecular weight is 326 g/mol. The minimum absolute atomic E-state index is 0.0315. The van der Waals surface area contributed by atoms with E-state index in [-0.39, 0.29) is 17.7 Å². The molecule has 1 aromatic rings. The lowest BCUT2D eigenvalue weighted by Crippen LogP contribution is -2.54. The van der Waals surface area contributed by atoms with E-state index in [4.69, 9.17) is 4.74 Å². The molecule has 1 aliphatic rings. The van der Waals surface area contributed by atoms with Crippen LogP contribution in [0.3, 0.4) is 0 Å². The zero-order chi connectivity index (χ0) is 16.3. The molecule has 1 aromatic heterocycles. The van der Waals surface area contributed by atoms with Crippen LogP contribution in [0.15, 0.2) is 0 Å². The predicted molar refractivity (Wildman–Crippen MR) is 88.4 cm³/mol. The van der Waals surface area contributed by atoms with Gasteiger partial charge < -0.3 is 9.64 Å². The summed E-state index contributed by atoms with van der Waals surface area (Å²) in [5, 5.41) is 12.8. The number of hydrogen-bond donors (Lipinski definition) is 1. The molecule has 1 fully saturated rings. The van der Waals surface area contributed by atoms with Crippen molar-refractivity contribution in [2.24, 2.45) is 0 Å². The highest BCUT2D eigenvalue weighted by atomic mass is 32.1. The van der Waals surface area contributed by atoms with Crippen molar-refractivity contribution in [3.63, 3.8) is 0 Å². The lowest BCUT2D eigenvalue weighted by molar-refractivity contribution is -0.116. The molecule has 0 saturated carbocycles. The highest BCUT2D eigenvalue weighted by Gasteiger charge is 2.34. The van der Waals surface area contributed by atoms with Crippen molar-refractivity contribution in [3.05, 3.63) is 5.01 Å². The van der Waals surface area contributed by atoms with E-state index in [0.29, 0.717) is 24.1 Å². The van der Waals surface area contributed by atoms with Crippen LogP contribution in [0.1, 0.15) is 58.4 Å². The summed E-state index contributed by atoms with van der Waals surface area (Å²) >= 11 is 1.47. The maximum absolute atomic E-state index is 12.4. The minimum atomic E-state index is -0.323. The number of urea groups is 1. The van der Waals surface area contributed by atoms with Crippen molar-refractivity contribution < 1.29 is 9.53 Å². The van der Waals surface area contributed by atoms with Crippen LogP contribution in [-0.4, -0.2) is 45.9 Å². The predicted octanol–water partition coefficient (Wildman–Crippen LogP) is 3.47. The molecule has 0 bridgehead atoms. The Balaban J connectivity index is 2.00. The first-order chi connectivity index (χ1) is 10.3. The number of amides is 2. The van der Waals surface area contributed by atoms with Gasteiger partial charge >= 0.3 is 6.03 Å². The van der Waals surface area contributed by atoms with Crippen molar-refractivity contribution in [3.8, 4) is 0 Å². The van der Waals surface area contributed by atoms with Crippen molar-refractivity contribution in [1.82, 2.24) is 15.1 Å². The number of morpholine rings is 1. The van der Waals surface area contributed by atoms with Crippen LogP contribution in [0.4, 0.5) is 9.93 Å². The second-order valence-electron chi connectivity index (χ2n) is 6.46. The second kappa shape index (κ2) is 6.91. The number of carbonyl (C=O) groups excluding carboxylic acids is 1. The Morgan fingerprint density at radius 2 is 2.14 bits per heavy atom. The van der Waals surface area contributed by atoms with Crippen molar-refractivity contribution in [2.45, 2.75) is 65.1 Å². The molecule has 1 saturated heterocycles. The molecule has 0 spiro atoms. The van der Waals surface area contributed by atoms with Crippen molar-refractivity contribution in [2.75, 3.05) is 18.4 Å². The van der Waals surface area contributed by atoms with E-state index >= 15 is 0 Å². The first kappa shape index (κ1) is 17.1. The summed E-state index contributed by atoms with van der Waals surface area (Å²) in [6.07, 6.45) is 2.10. The van der Waals surface area contributed by atoms with Gasteiger partial charge in [0.15, 0.2) is 0 Å². The third kappa shape index (κ3) is 4.16. The highest BCUT2D eigenvalue weighted by Crippen LogP contribution is 2.28. The Kier molecular flexibility index (Phi) is 5.39. The Morgan fingerprint density at radius 3 is 2.73 bits per heavy atom. The number of aromatic nitrogens is 2. The smallest absolute Gasteiger partial charge is 0.323 e. The Bertz CT molecular complexity index is 513. The lowest BCUT2D eigenvalue weighted by atomic mass is 10.1. The van der Waals surface area contributed by atoms with Gasteiger partial charge in [0.2, 0.25) is 5.13 Å². The van der Waals surface area contributed by atoms with Gasteiger partial charge in [-0.1, -0.05) is 25.2 Å². The first-order valence-corrected chi connectivity index (χ1v) is 8.73. The summed E-state index contributed by atoms with van der Waals surface area (Å²) in [6.45, 7) is 11.4. The average Bonchev–Trinajstić information content (AvgIpc) is 2.86. The Hall–Kier alpha value is -1.21. The van der Waals surface area contributed by atoms with Crippen LogP contribution in [0.5, 0.6) is 0 Å². The summed E-state index contributed by atoms with van der Waals surface area (Å²) < 4.78 is 5.82. The second-order valence-corrected chi connectivity index (χ2v) is 7.47. The number of rotatable bonds is 4. The van der Waals surface area contributed by atoms with Gasteiger partial charge in [-0.3, -0.25) is 5.32 Å². The van der Waals surface area contributed by atoms with Gasteiger partial charge in [-0.05, 0) is 33.6 Å². The summed E-state index contributed by atoms with van der Waals surface area (Å²) in [6, 6.07) is -0.129. The van der Waals surface area contributed by atoms with Gasteiger partial charge in [-0.25, -0.2) is 4.79 Å². The van der Waals surface area contributed by atoms with Gasteiger partial charge in [0, 0.05) is 12.5 Å². The summed E-state index contributed by atoms with van der Waals surface area (Å²) in [7, 11) is 0. The standard InChI is InChI=1S/C15H26N4O2S/c1-6-11(7-2)12-17-18-13(22-12)16-14(20)19-8-10(3)21-15(4,5)9-19/h10-11H,6-9H2,1-5H3,(H,16,18,20). The first-order valence-electron chi connectivity index (χ1n) is 7.91. The monoisotopic (exact) mass is 326 g/mol. The molecule has 0 aliphatic carbocycles. The van der Waals surface area contributed by atoms with Gasteiger partial charge in [0.25, 0.3) is 0 Å². The molecule has 2 amide bonds. The van der Waals surface area contributed by atoms with Gasteiger partial charge in [-0.15, -0.1) is 10.2 Å². The zero-order valence-corrected chi connectivity index (χ0v) is 14.9. The molecular weight excluding hydrogens is 300 g/mol. The van der Waals surface area contributed by atoms with Crippen molar-refractivity contribution in [1.29, 1.82) is 0 Å². The van der Waals surface area contributed by atoms with E-state index in [1.165, 1.54) is 11.3 Å². The number of anilines is 1. The van der Waals surface area contributed by atoms with Crippen LogP contribution in [0, 0.1) is 0 Å². The van der Waals surface area contributed by atoms with Gasteiger partial charge in [0.05, 0.1) is 18.2 Å². The van der Waals surface area contributed by atoms with E-state index < -0.39 is 0 Å². The van der Waals surface area contributed by atoms with Crippen LogP contribution >= 0.6 is 11.3 Å². The summed E-state index contributed by atoms with van der Waals surface area (Å²) in [5.41, 5.74) is -0.323. The third-order valence-electron chi connectivity index (χ3n) is 3.85. The molecule has 7 heteroatoms. The quantitative estimate of drug-likeness (QED) is 0.920. The molecule has 0 aromatic carbocycles. The molecular formula is C15H26N4O2S. The summed E-state index contributed by atoms with van der Waals surface area (Å²) in [5.74, 6) is 0.422. The molecule has 22 heavy (non-hydrogen) atoms. The molecule has 1 N–H and O–H groups in total. The third-order valence-corrected chi connectivity index (χ3v) is 4.85. The van der Waals surface area contributed by atoms with E-state index in [2.05, 4.69) is 29.4 Å². The number of carbonyl (C=O) groups is 1. The number of hydrogen-bond acceptors (Lipinski definition) is 5. The Morgan fingerprint density at radius 1 is 1.45 bits per heavy atom. The number of ether oxygens (including phenoxy) is 1. The number of nitrogens with one attached hydrogen (secondary N) is 1. The minimum Gasteiger partial charge on any atom is -0.369 e. The molecule has 1 unspecified atom stereocenters. The SMILES string of the molecule is CCC(CC)c1nnc(NC(=O)N2CC(C)OC(C)(C)C2)s1. The topological polar surface area (TPSA) is 67.4 Å². The molecule has 0 radical (unpaired) electrons. The van der Waals surface area contributed by atoms with E-state index in [9.17, 15) is 4.79 Å². The molecule has 2 rings (SSSR count). The summed E-state index contributed by atoms with van der Waals surface area (Å²) in [4.78, 5) is 14.2. The molecule has 1 atom stereocenters. The molecule has 2 heterocycles. The largest absolute Gasteiger partial charge is 0.369 e. The van der Waals surface area contributed by atoms with Gasteiger partial charge in [0.1, 0.15) is 5.01 Å². The maximum atomic E-state index is 12.4. The molecule has 6 nitrogen and oxygen atoms in total. The normalized spacial score (nSPS) is 21.2.